The van der Waals surface area contributed by atoms with Crippen molar-refractivity contribution in [3.8, 4) is 0 Å². The van der Waals surface area contributed by atoms with E-state index in [4.69, 9.17) is 0 Å². The van der Waals surface area contributed by atoms with E-state index in [0.29, 0.717) is 0 Å². The predicted molar refractivity (Wildman–Crippen MR) is 113 cm³/mol. The molecule has 1 rings (SSSR count). The molecule has 0 radical (unpaired) electrons. The van der Waals surface area contributed by atoms with Gasteiger partial charge in [0.05, 0.1) is 0 Å². The van der Waals surface area contributed by atoms with Gasteiger partial charge in [-0.15, -0.1) is 21.8 Å². The average molecular weight is 461 g/mol. The van der Waals surface area contributed by atoms with Gasteiger partial charge in [0, 0.05) is 35.5 Å². The summed E-state index contributed by atoms with van der Waals surface area (Å²) in [6.07, 6.45) is 0. The fourth-order valence-electron chi connectivity index (χ4n) is 4.30. The Morgan fingerprint density at radius 1 is 0.389 bits per heavy atom. The van der Waals surface area contributed by atoms with Crippen LogP contribution in [0.3, 0.4) is 0 Å². The maximum atomic E-state index is 3.10. The third-order valence-corrected chi connectivity index (χ3v) is 190. The molecule has 0 bridgehead atoms. The van der Waals surface area contributed by atoms with Gasteiger partial charge in [-0.1, -0.05) is 72.0 Å². The maximum Gasteiger partial charge on any atom is 0.101 e. The molecule has 0 aliphatic carbocycles. The van der Waals surface area contributed by atoms with Gasteiger partial charge in [-0.05, 0) is 0 Å². The quantitative estimate of drug-likeness (QED) is 0.270. The molecule has 0 aromatic heterocycles. The second-order valence-corrected chi connectivity index (χ2v) is 92.5. The van der Waals surface area contributed by atoms with Crippen LogP contribution in [0.15, 0.2) is 0 Å². The highest BCUT2D eigenvalue weighted by molar-refractivity contribution is 14.1. The Hall–Kier alpha value is 2.03. The largest absolute Gasteiger partial charge is 0.126 e. The van der Waals surface area contributed by atoms with Crippen molar-refractivity contribution in [1.29, 1.82) is 0 Å². The van der Waals surface area contributed by atoms with Gasteiger partial charge in [0.15, 0.2) is 0 Å². The lowest BCUT2D eigenvalue weighted by molar-refractivity contribution is 1.75. The molecule has 0 aromatic carbocycles. The topological polar surface area (TPSA) is 0 Å². The van der Waals surface area contributed by atoms with Crippen LogP contribution in [0.4, 0.5) is 0 Å². The molecule has 0 nitrogen and oxygen atoms in total. The predicted octanol–water partition coefficient (Wildman–Crippen LogP) is 5.02. The maximum absolute atomic E-state index is 3.10. The molecule has 0 saturated carbocycles. The van der Waals surface area contributed by atoms with Crippen molar-refractivity contribution in [3.63, 3.8) is 0 Å². The van der Waals surface area contributed by atoms with Gasteiger partial charge in [-0.25, -0.2) is 0 Å². The van der Waals surface area contributed by atoms with Crippen molar-refractivity contribution in [2.24, 2.45) is 0 Å². The molecule has 0 unspecified atom stereocenters. The van der Waals surface area contributed by atoms with Gasteiger partial charge in [0.25, 0.3) is 0 Å². The van der Waals surface area contributed by atoms with Crippen LogP contribution in [0, 0.1) is 0 Å². The molecule has 1 fully saturated rings. The summed E-state index contributed by atoms with van der Waals surface area (Å²) in [6, 6.07) is 0. The number of hydrogen-bond acceptors (Lipinski definition) is 0. The van der Waals surface area contributed by atoms with E-state index < -0.39 is 40.2 Å². The minimum Gasteiger partial charge on any atom is -0.126 e. The first-order valence-electron chi connectivity index (χ1n) is 7.19. The lowest BCUT2D eigenvalue weighted by Gasteiger charge is -2.71. The summed E-state index contributed by atoms with van der Waals surface area (Å²) >= 11 is 3.10. The Kier molecular flexibility index (Phi) is 4.30. The number of hydrogen-bond donors (Lipinski definition) is 0. The Bertz CT molecular complexity index is 253. The summed E-state index contributed by atoms with van der Waals surface area (Å²) in [5, 5.41) is 0. The first-order valence-corrected chi connectivity index (χ1v) is 33.8. The summed E-state index contributed by atoms with van der Waals surface area (Å²) in [5.74, 6) is 0. The zero-order chi connectivity index (χ0) is 15.0. The van der Waals surface area contributed by atoms with Crippen molar-refractivity contribution in [2.45, 2.75) is 72.0 Å². The summed E-state index contributed by atoms with van der Waals surface area (Å²) in [6.45, 7) is 31.1. The molecule has 18 heavy (non-hydrogen) atoms. The van der Waals surface area contributed by atoms with E-state index in [-0.39, 0.29) is 0 Å². The molecule has 1 heterocycles. The summed E-state index contributed by atoms with van der Waals surface area (Å²) < 4.78 is -0.999. The Labute approximate surface area is 133 Å². The summed E-state index contributed by atoms with van der Waals surface area (Å²) in [5.41, 5.74) is 0. The van der Waals surface area contributed by atoms with Crippen LogP contribution >= 0.6 is 21.8 Å². The molecule has 0 atom stereocenters. The van der Waals surface area contributed by atoms with Crippen molar-refractivity contribution in [3.05, 3.63) is 0 Å². The molecular weight excluding hydrogens is 428 g/mol. The Balaban J connectivity index is 3.72. The van der Waals surface area contributed by atoms with Crippen molar-refractivity contribution >= 4 is 61.9 Å². The third kappa shape index (κ3) is 1.67. The van der Waals surface area contributed by atoms with Gasteiger partial charge >= 0.3 is 0 Å². The molecular formula is C11H33ISi6. The van der Waals surface area contributed by atoms with Gasteiger partial charge < -0.3 is 0 Å². The van der Waals surface area contributed by atoms with Crippen molar-refractivity contribution < 1.29 is 0 Å². The van der Waals surface area contributed by atoms with Crippen LogP contribution in [0.5, 0.6) is 0 Å². The lowest BCUT2D eigenvalue weighted by atomic mass is 11.9. The highest BCUT2D eigenvalue weighted by Gasteiger charge is 2.76. The molecule has 1 aliphatic rings. The molecule has 0 aromatic rings. The van der Waals surface area contributed by atoms with Crippen molar-refractivity contribution in [2.75, 3.05) is 0 Å². The standard InChI is InChI=1S/C11H33ISi6/c1-13(2)14(3,4)16(7,8)18(11,12)17(9,10)15(13,5)6/h1-11H3. The fraction of sp³-hybridized carbons (Fsp3) is 1.00. The van der Waals surface area contributed by atoms with Crippen LogP contribution in [0.1, 0.15) is 0 Å². The monoisotopic (exact) mass is 460 g/mol. The summed E-state index contributed by atoms with van der Waals surface area (Å²) in [7, 11) is -4.89. The molecule has 1 saturated heterocycles. The van der Waals surface area contributed by atoms with E-state index in [1.807, 2.05) is 0 Å². The zero-order valence-electron chi connectivity index (χ0n) is 14.4. The van der Waals surface area contributed by atoms with Crippen LogP contribution in [-0.4, -0.2) is 40.2 Å². The molecule has 0 spiro atoms. The van der Waals surface area contributed by atoms with Crippen LogP contribution in [0.2, 0.25) is 72.0 Å². The summed E-state index contributed by atoms with van der Waals surface area (Å²) in [4.78, 5) is 0. The van der Waals surface area contributed by atoms with Gasteiger partial charge in [-0.3, -0.25) is 0 Å². The van der Waals surface area contributed by atoms with E-state index in [1.165, 1.54) is 0 Å². The Morgan fingerprint density at radius 2 is 0.556 bits per heavy atom. The van der Waals surface area contributed by atoms with Crippen molar-refractivity contribution in [1.82, 2.24) is 0 Å². The first-order chi connectivity index (χ1) is 7.50. The molecule has 0 amide bonds. The smallest absolute Gasteiger partial charge is 0.101 e. The molecule has 0 N–H and O–H groups in total. The zero-order valence-corrected chi connectivity index (χ0v) is 22.5. The minimum absolute atomic E-state index is 0.974. The molecule has 108 valence electrons. The van der Waals surface area contributed by atoms with Gasteiger partial charge in [0.2, 0.25) is 0 Å². The molecule has 1 aliphatic heterocycles. The van der Waals surface area contributed by atoms with Crippen LogP contribution < -0.4 is 0 Å². The van der Waals surface area contributed by atoms with E-state index in [9.17, 15) is 0 Å². The van der Waals surface area contributed by atoms with E-state index in [0.717, 1.165) is 0 Å². The normalized spacial score (nSPS) is 34.0. The SMILES string of the molecule is C[Si]1(C)[Si](C)(C)[Si](C)(C)[Si](C)(I)[Si](C)(C)[Si]1(C)C. The van der Waals surface area contributed by atoms with Gasteiger partial charge in [-0.2, -0.15) is 0 Å². The Morgan fingerprint density at radius 3 is 0.778 bits per heavy atom. The molecule has 7 heteroatoms. The minimum atomic E-state index is -0.999. The number of rotatable bonds is 0. The second kappa shape index (κ2) is 4.28. The second-order valence-electron chi connectivity index (χ2n) is 9.13. The van der Waals surface area contributed by atoms with E-state index in [1.54, 1.807) is 0 Å². The third-order valence-electron chi connectivity index (χ3n) is 8.60. The lowest BCUT2D eigenvalue weighted by Crippen LogP contribution is -2.99. The highest BCUT2D eigenvalue weighted by atomic mass is 127. The van der Waals surface area contributed by atoms with E-state index >= 15 is 0 Å². The highest BCUT2D eigenvalue weighted by Crippen LogP contribution is 2.53. The number of halogens is 1. The first kappa shape index (κ1) is 18.1. The van der Waals surface area contributed by atoms with E-state index in [2.05, 4.69) is 93.8 Å². The van der Waals surface area contributed by atoms with Crippen LogP contribution in [0.25, 0.3) is 0 Å². The average Bonchev–Trinajstić information content (AvgIpc) is 2.14. The van der Waals surface area contributed by atoms with Crippen LogP contribution in [-0.2, 0) is 0 Å². The fourth-order valence-corrected chi connectivity index (χ4v) is 284. The van der Waals surface area contributed by atoms with Gasteiger partial charge in [0.1, 0.15) is 4.61 Å².